The lowest BCUT2D eigenvalue weighted by Crippen LogP contribution is -2.12. The van der Waals surface area contributed by atoms with Crippen LogP contribution in [-0.4, -0.2) is 12.6 Å². The van der Waals surface area contributed by atoms with E-state index in [9.17, 15) is 4.79 Å². The Hall–Kier alpha value is -1.83. The summed E-state index contributed by atoms with van der Waals surface area (Å²) in [6.07, 6.45) is 6.25. The van der Waals surface area contributed by atoms with Crippen molar-refractivity contribution in [2.75, 3.05) is 6.61 Å². The van der Waals surface area contributed by atoms with Gasteiger partial charge in [-0.15, -0.1) is 0 Å². The van der Waals surface area contributed by atoms with E-state index < -0.39 is 0 Å². The summed E-state index contributed by atoms with van der Waals surface area (Å²) in [6.45, 7) is 13.1. The molecule has 0 aliphatic carbocycles. The molecule has 0 fully saturated rings. The number of hydrogen-bond acceptors (Lipinski definition) is 2. The standard InChI is InChI=1S/C21H30O2/c1-16(2)8-7-9-17(3)14-15-23-20(22)18-10-12-19(13-11-18)21(4,5)6/h8,10-14H,7,9,15H2,1-6H3/b17-14+. The minimum atomic E-state index is -0.265. The Kier molecular flexibility index (Phi) is 7.28. The van der Waals surface area contributed by atoms with Crippen molar-refractivity contribution < 1.29 is 9.53 Å². The minimum absolute atomic E-state index is 0.0908. The molecule has 0 heterocycles. The molecule has 126 valence electrons. The fourth-order valence-electron chi connectivity index (χ4n) is 2.14. The van der Waals surface area contributed by atoms with Gasteiger partial charge in [-0.2, -0.15) is 0 Å². The number of hydrogen-bond donors (Lipinski definition) is 0. The molecule has 0 spiro atoms. The normalized spacial score (nSPS) is 12.0. The number of rotatable bonds is 6. The lowest BCUT2D eigenvalue weighted by molar-refractivity contribution is 0.0549. The lowest BCUT2D eigenvalue weighted by Gasteiger charge is -2.18. The molecule has 1 rings (SSSR count). The van der Waals surface area contributed by atoms with Crippen molar-refractivity contribution in [2.45, 2.75) is 59.8 Å². The van der Waals surface area contributed by atoms with Crippen LogP contribution in [0.3, 0.4) is 0 Å². The van der Waals surface area contributed by atoms with Crippen molar-refractivity contribution in [3.8, 4) is 0 Å². The molecule has 0 saturated carbocycles. The summed E-state index contributed by atoms with van der Waals surface area (Å²) in [6, 6.07) is 7.68. The minimum Gasteiger partial charge on any atom is -0.458 e. The summed E-state index contributed by atoms with van der Waals surface area (Å²) in [4.78, 5) is 12.0. The van der Waals surface area contributed by atoms with Gasteiger partial charge in [0.2, 0.25) is 0 Å². The maximum Gasteiger partial charge on any atom is 0.338 e. The SMILES string of the molecule is CC(C)=CCC/C(C)=C/COC(=O)c1ccc(C(C)(C)C)cc1. The number of carbonyl (C=O) groups is 1. The fraction of sp³-hybridized carbons (Fsp3) is 0.476. The topological polar surface area (TPSA) is 26.3 Å². The van der Waals surface area contributed by atoms with Gasteiger partial charge in [-0.1, -0.05) is 50.1 Å². The average molecular weight is 314 g/mol. The Labute approximate surface area is 141 Å². The zero-order valence-electron chi connectivity index (χ0n) is 15.4. The molecule has 0 amide bonds. The van der Waals surface area contributed by atoms with Crippen LogP contribution in [-0.2, 0) is 10.2 Å². The smallest absolute Gasteiger partial charge is 0.338 e. The summed E-state index contributed by atoms with van der Waals surface area (Å²) in [5.41, 5.74) is 4.49. The van der Waals surface area contributed by atoms with Crippen molar-refractivity contribution in [3.63, 3.8) is 0 Å². The van der Waals surface area contributed by atoms with Crippen LogP contribution in [0.15, 0.2) is 47.6 Å². The molecule has 2 heteroatoms. The quantitative estimate of drug-likeness (QED) is 0.487. The average Bonchev–Trinajstić information content (AvgIpc) is 2.46. The zero-order chi connectivity index (χ0) is 17.5. The third-order valence-electron chi connectivity index (χ3n) is 3.72. The predicted molar refractivity (Wildman–Crippen MR) is 97.8 cm³/mol. The van der Waals surface area contributed by atoms with E-state index in [1.807, 2.05) is 30.3 Å². The fourth-order valence-corrected chi connectivity index (χ4v) is 2.14. The number of ether oxygens (including phenoxy) is 1. The molecule has 0 radical (unpaired) electrons. The first kappa shape index (κ1) is 19.2. The number of allylic oxidation sites excluding steroid dienone is 3. The molecule has 1 aromatic carbocycles. The predicted octanol–water partition coefficient (Wildman–Crippen LogP) is 5.83. The van der Waals surface area contributed by atoms with Gasteiger partial charge in [-0.05, 0) is 62.8 Å². The van der Waals surface area contributed by atoms with Crippen molar-refractivity contribution in [2.24, 2.45) is 0 Å². The number of esters is 1. The Morgan fingerprint density at radius 2 is 1.65 bits per heavy atom. The van der Waals surface area contributed by atoms with E-state index in [2.05, 4.69) is 47.6 Å². The molecular weight excluding hydrogens is 284 g/mol. The van der Waals surface area contributed by atoms with Gasteiger partial charge in [0.05, 0.1) is 5.56 Å². The van der Waals surface area contributed by atoms with E-state index in [0.717, 1.165) is 12.8 Å². The Morgan fingerprint density at radius 1 is 1.04 bits per heavy atom. The third-order valence-corrected chi connectivity index (χ3v) is 3.72. The summed E-state index contributed by atoms with van der Waals surface area (Å²) in [7, 11) is 0. The molecule has 0 aliphatic heterocycles. The van der Waals surface area contributed by atoms with Gasteiger partial charge in [0, 0.05) is 0 Å². The molecule has 0 N–H and O–H groups in total. The van der Waals surface area contributed by atoms with Gasteiger partial charge in [0.25, 0.3) is 0 Å². The highest BCUT2D eigenvalue weighted by Gasteiger charge is 2.14. The molecule has 0 bridgehead atoms. The largest absolute Gasteiger partial charge is 0.458 e. The summed E-state index contributed by atoms with van der Waals surface area (Å²) < 4.78 is 5.32. The van der Waals surface area contributed by atoms with E-state index >= 15 is 0 Å². The highest BCUT2D eigenvalue weighted by molar-refractivity contribution is 5.89. The zero-order valence-corrected chi connectivity index (χ0v) is 15.4. The summed E-state index contributed by atoms with van der Waals surface area (Å²) in [5, 5.41) is 0. The van der Waals surface area contributed by atoms with Crippen molar-refractivity contribution in [1.82, 2.24) is 0 Å². The van der Waals surface area contributed by atoms with Gasteiger partial charge in [0.15, 0.2) is 0 Å². The van der Waals surface area contributed by atoms with Crippen LogP contribution in [0.5, 0.6) is 0 Å². The van der Waals surface area contributed by atoms with Crippen molar-refractivity contribution in [1.29, 1.82) is 0 Å². The molecule has 0 aromatic heterocycles. The number of carbonyl (C=O) groups excluding carboxylic acids is 1. The Bertz CT molecular complexity index is 565. The molecule has 0 saturated heterocycles. The van der Waals surface area contributed by atoms with Crippen LogP contribution in [0.25, 0.3) is 0 Å². The second-order valence-corrected chi connectivity index (χ2v) is 7.30. The Balaban J connectivity index is 2.49. The van der Waals surface area contributed by atoms with Gasteiger partial charge in [-0.3, -0.25) is 0 Å². The first-order valence-electron chi connectivity index (χ1n) is 8.27. The van der Waals surface area contributed by atoms with Crippen LogP contribution in [0, 0.1) is 0 Å². The highest BCUT2D eigenvalue weighted by Crippen LogP contribution is 2.22. The van der Waals surface area contributed by atoms with Crippen LogP contribution in [0.1, 0.15) is 70.3 Å². The molecule has 1 aromatic rings. The van der Waals surface area contributed by atoms with Crippen molar-refractivity contribution in [3.05, 3.63) is 58.7 Å². The van der Waals surface area contributed by atoms with E-state index in [1.165, 1.54) is 16.7 Å². The molecule has 0 unspecified atom stereocenters. The third kappa shape index (κ3) is 7.32. The first-order chi connectivity index (χ1) is 10.7. The van der Waals surface area contributed by atoms with E-state index in [1.54, 1.807) is 0 Å². The summed E-state index contributed by atoms with van der Waals surface area (Å²) >= 11 is 0. The second kappa shape index (κ2) is 8.71. The molecule has 23 heavy (non-hydrogen) atoms. The molecule has 0 atom stereocenters. The van der Waals surface area contributed by atoms with Gasteiger partial charge in [-0.25, -0.2) is 4.79 Å². The van der Waals surface area contributed by atoms with E-state index in [-0.39, 0.29) is 11.4 Å². The molecular formula is C21H30O2. The van der Waals surface area contributed by atoms with Gasteiger partial charge in [0.1, 0.15) is 6.61 Å². The maximum atomic E-state index is 12.0. The lowest BCUT2D eigenvalue weighted by atomic mass is 9.87. The first-order valence-corrected chi connectivity index (χ1v) is 8.27. The maximum absolute atomic E-state index is 12.0. The van der Waals surface area contributed by atoms with Gasteiger partial charge < -0.3 is 4.74 Å². The van der Waals surface area contributed by atoms with Gasteiger partial charge >= 0.3 is 5.97 Å². The second-order valence-electron chi connectivity index (χ2n) is 7.30. The highest BCUT2D eigenvalue weighted by atomic mass is 16.5. The summed E-state index contributed by atoms with van der Waals surface area (Å²) in [5.74, 6) is -0.265. The van der Waals surface area contributed by atoms with Crippen LogP contribution < -0.4 is 0 Å². The van der Waals surface area contributed by atoms with Crippen LogP contribution >= 0.6 is 0 Å². The monoisotopic (exact) mass is 314 g/mol. The Morgan fingerprint density at radius 3 is 2.17 bits per heavy atom. The van der Waals surface area contributed by atoms with E-state index in [4.69, 9.17) is 4.74 Å². The molecule has 0 aliphatic rings. The molecule has 2 nitrogen and oxygen atoms in total. The number of benzene rings is 1. The van der Waals surface area contributed by atoms with Crippen molar-refractivity contribution >= 4 is 5.97 Å². The van der Waals surface area contributed by atoms with E-state index in [0.29, 0.717) is 12.2 Å². The van der Waals surface area contributed by atoms with Crippen LogP contribution in [0.2, 0.25) is 0 Å². The van der Waals surface area contributed by atoms with Crippen LogP contribution in [0.4, 0.5) is 0 Å².